The Bertz CT molecular complexity index is 689. The lowest BCUT2D eigenvalue weighted by Gasteiger charge is -2.22. The first-order valence-corrected chi connectivity index (χ1v) is 8.03. The van der Waals surface area contributed by atoms with E-state index >= 15 is 0 Å². The third-order valence-corrected chi connectivity index (χ3v) is 5.20. The van der Waals surface area contributed by atoms with E-state index in [0.717, 1.165) is 21.6 Å². The summed E-state index contributed by atoms with van der Waals surface area (Å²) in [6.45, 7) is 6.09. The van der Waals surface area contributed by atoms with Crippen LogP contribution < -0.4 is 0 Å². The third-order valence-electron chi connectivity index (χ3n) is 3.73. The molecule has 0 bridgehead atoms. The summed E-state index contributed by atoms with van der Waals surface area (Å²) in [7, 11) is 3.56. The lowest BCUT2D eigenvalue weighted by Crippen LogP contribution is -2.34. The predicted molar refractivity (Wildman–Crippen MR) is 88.8 cm³/mol. The summed E-state index contributed by atoms with van der Waals surface area (Å²) in [6.07, 6.45) is 1.58. The molecule has 0 aromatic carbocycles. The predicted octanol–water partition coefficient (Wildman–Crippen LogP) is 2.87. The van der Waals surface area contributed by atoms with Crippen molar-refractivity contribution in [2.24, 2.45) is 7.05 Å². The van der Waals surface area contributed by atoms with Crippen LogP contribution in [-0.2, 0) is 18.4 Å². The molecule has 0 radical (unpaired) electrons. The number of carbonyl (C=O) groups excluding carboxylic acids is 1. The summed E-state index contributed by atoms with van der Waals surface area (Å²) in [6, 6.07) is -0.387. The molecular formula is C14H19BrClN5O. The van der Waals surface area contributed by atoms with Crippen LogP contribution in [-0.4, -0.2) is 37.4 Å². The average Bonchev–Trinajstić information content (AvgIpc) is 2.93. The molecule has 0 saturated carbocycles. The van der Waals surface area contributed by atoms with Crippen LogP contribution in [0.5, 0.6) is 0 Å². The van der Waals surface area contributed by atoms with Gasteiger partial charge in [-0.1, -0.05) is 11.6 Å². The van der Waals surface area contributed by atoms with Gasteiger partial charge in [0, 0.05) is 14.1 Å². The van der Waals surface area contributed by atoms with Crippen molar-refractivity contribution in [3.05, 3.63) is 32.8 Å². The average molecular weight is 389 g/mol. The summed E-state index contributed by atoms with van der Waals surface area (Å²) in [5.41, 5.74) is 2.61. The van der Waals surface area contributed by atoms with Gasteiger partial charge < -0.3 is 4.90 Å². The molecule has 1 atom stereocenters. The van der Waals surface area contributed by atoms with Crippen molar-refractivity contribution >= 4 is 33.4 Å². The van der Waals surface area contributed by atoms with Crippen LogP contribution >= 0.6 is 27.5 Å². The minimum Gasteiger partial charge on any atom is -0.338 e. The van der Waals surface area contributed by atoms with Gasteiger partial charge in [0.1, 0.15) is 6.04 Å². The molecule has 0 aliphatic heterocycles. The van der Waals surface area contributed by atoms with Crippen LogP contribution in [0.2, 0.25) is 5.02 Å². The van der Waals surface area contributed by atoms with Crippen molar-refractivity contribution in [2.75, 3.05) is 7.05 Å². The maximum Gasteiger partial charge on any atom is 0.247 e. The fourth-order valence-electron chi connectivity index (χ4n) is 2.36. The van der Waals surface area contributed by atoms with Crippen LogP contribution in [0.15, 0.2) is 10.7 Å². The second-order valence-electron chi connectivity index (χ2n) is 5.36. The normalized spacial score (nSPS) is 12.5. The summed E-state index contributed by atoms with van der Waals surface area (Å²) in [5.74, 6) is -0.0321. The highest BCUT2D eigenvalue weighted by Gasteiger charge is 2.24. The third kappa shape index (κ3) is 3.05. The van der Waals surface area contributed by atoms with Crippen molar-refractivity contribution in [3.8, 4) is 0 Å². The number of carbonyl (C=O) groups is 1. The first kappa shape index (κ1) is 17.0. The Balaban J connectivity index is 2.18. The van der Waals surface area contributed by atoms with E-state index in [2.05, 4.69) is 26.1 Å². The largest absolute Gasteiger partial charge is 0.338 e. The zero-order valence-electron chi connectivity index (χ0n) is 13.3. The molecule has 2 aromatic rings. The van der Waals surface area contributed by atoms with E-state index in [1.807, 2.05) is 20.8 Å². The molecule has 2 heterocycles. The molecule has 0 aliphatic rings. The maximum absolute atomic E-state index is 12.6. The Morgan fingerprint density at radius 2 is 2.14 bits per heavy atom. The highest BCUT2D eigenvalue weighted by Crippen LogP contribution is 2.24. The second-order valence-corrected chi connectivity index (χ2v) is 6.56. The van der Waals surface area contributed by atoms with Gasteiger partial charge >= 0.3 is 0 Å². The van der Waals surface area contributed by atoms with Gasteiger partial charge in [-0.25, -0.2) is 0 Å². The van der Waals surface area contributed by atoms with Gasteiger partial charge in [-0.05, 0) is 36.7 Å². The molecule has 22 heavy (non-hydrogen) atoms. The number of hydrogen-bond acceptors (Lipinski definition) is 3. The monoisotopic (exact) mass is 387 g/mol. The van der Waals surface area contributed by atoms with Crippen molar-refractivity contribution in [1.29, 1.82) is 0 Å². The van der Waals surface area contributed by atoms with Gasteiger partial charge in [0.2, 0.25) is 5.91 Å². The van der Waals surface area contributed by atoms with Gasteiger partial charge in [0.05, 0.1) is 39.3 Å². The van der Waals surface area contributed by atoms with Gasteiger partial charge in [-0.2, -0.15) is 10.2 Å². The van der Waals surface area contributed by atoms with E-state index in [0.29, 0.717) is 11.6 Å². The summed E-state index contributed by atoms with van der Waals surface area (Å²) in [4.78, 5) is 14.3. The standard InChI is InChI=1S/C14H19BrClN5O/c1-8-13(15)9(2)21(18-8)10(3)14(22)19(4)7-12-11(16)6-17-20(12)5/h6,10H,7H2,1-5H3. The smallest absolute Gasteiger partial charge is 0.247 e. The van der Waals surface area contributed by atoms with Gasteiger partial charge in [0.25, 0.3) is 0 Å². The minimum atomic E-state index is -0.387. The van der Waals surface area contributed by atoms with Gasteiger partial charge in [0.15, 0.2) is 0 Å². The molecule has 0 aliphatic carbocycles. The topological polar surface area (TPSA) is 56.0 Å². The van der Waals surface area contributed by atoms with E-state index in [4.69, 9.17) is 11.6 Å². The summed E-state index contributed by atoms with van der Waals surface area (Å²) in [5, 5.41) is 9.07. The van der Waals surface area contributed by atoms with Crippen molar-refractivity contribution in [3.63, 3.8) is 0 Å². The van der Waals surface area contributed by atoms with E-state index in [1.165, 1.54) is 0 Å². The van der Waals surface area contributed by atoms with Crippen molar-refractivity contribution in [2.45, 2.75) is 33.4 Å². The molecule has 1 unspecified atom stereocenters. The zero-order chi connectivity index (χ0) is 16.6. The number of hydrogen-bond donors (Lipinski definition) is 0. The van der Waals surface area contributed by atoms with Crippen molar-refractivity contribution < 1.29 is 4.79 Å². The van der Waals surface area contributed by atoms with Gasteiger partial charge in [-0.3, -0.25) is 14.2 Å². The quantitative estimate of drug-likeness (QED) is 0.809. The van der Waals surface area contributed by atoms with Crippen LogP contribution in [0, 0.1) is 13.8 Å². The van der Waals surface area contributed by atoms with Crippen LogP contribution in [0.4, 0.5) is 0 Å². The Morgan fingerprint density at radius 1 is 1.50 bits per heavy atom. The van der Waals surface area contributed by atoms with E-state index in [9.17, 15) is 4.79 Å². The van der Waals surface area contributed by atoms with E-state index in [1.54, 1.807) is 34.6 Å². The fraction of sp³-hybridized carbons (Fsp3) is 0.500. The molecule has 2 aromatic heterocycles. The molecular weight excluding hydrogens is 370 g/mol. The SMILES string of the molecule is Cc1nn(C(C)C(=O)N(C)Cc2c(Cl)cnn2C)c(C)c1Br. The summed E-state index contributed by atoms with van der Waals surface area (Å²) >= 11 is 9.58. The Hall–Kier alpha value is -1.34. The first-order chi connectivity index (χ1) is 10.2. The Labute approximate surface area is 143 Å². The number of likely N-dealkylation sites (N-methyl/N-ethyl adjacent to an activating group) is 1. The lowest BCUT2D eigenvalue weighted by molar-refractivity contribution is -0.133. The second kappa shape index (κ2) is 6.42. The van der Waals surface area contributed by atoms with E-state index < -0.39 is 0 Å². The molecule has 0 spiro atoms. The highest BCUT2D eigenvalue weighted by atomic mass is 79.9. The Kier molecular flexibility index (Phi) is 4.97. The van der Waals surface area contributed by atoms with E-state index in [-0.39, 0.29) is 11.9 Å². The van der Waals surface area contributed by atoms with Crippen LogP contribution in [0.25, 0.3) is 0 Å². The molecule has 0 saturated heterocycles. The number of aryl methyl sites for hydroxylation is 2. The molecule has 2 rings (SSSR count). The molecule has 0 fully saturated rings. The van der Waals surface area contributed by atoms with Crippen molar-refractivity contribution in [1.82, 2.24) is 24.5 Å². The lowest BCUT2D eigenvalue weighted by atomic mass is 10.2. The molecule has 8 heteroatoms. The number of aromatic nitrogens is 4. The molecule has 0 N–H and O–H groups in total. The number of nitrogens with zero attached hydrogens (tertiary/aromatic N) is 5. The van der Waals surface area contributed by atoms with Crippen LogP contribution in [0.1, 0.15) is 30.0 Å². The van der Waals surface area contributed by atoms with Gasteiger partial charge in [-0.15, -0.1) is 0 Å². The molecule has 1 amide bonds. The highest BCUT2D eigenvalue weighted by molar-refractivity contribution is 9.10. The summed E-state index contributed by atoms with van der Waals surface area (Å²) < 4.78 is 4.35. The number of rotatable bonds is 4. The zero-order valence-corrected chi connectivity index (χ0v) is 15.6. The molecule has 120 valence electrons. The fourth-order valence-corrected chi connectivity index (χ4v) is 2.85. The first-order valence-electron chi connectivity index (χ1n) is 6.86. The molecule has 6 nitrogen and oxygen atoms in total. The number of amides is 1. The Morgan fingerprint density at radius 3 is 2.59 bits per heavy atom. The van der Waals surface area contributed by atoms with Crippen LogP contribution in [0.3, 0.4) is 0 Å². The minimum absolute atomic E-state index is 0.0321. The number of halogens is 2. The maximum atomic E-state index is 12.6.